The molecular formula is C8H15NS. The molecule has 1 saturated heterocycles. The highest BCUT2D eigenvalue weighted by Crippen LogP contribution is 2.32. The molecule has 0 saturated carbocycles. The lowest BCUT2D eigenvalue weighted by Gasteiger charge is -2.26. The van der Waals surface area contributed by atoms with E-state index in [2.05, 4.69) is 25.7 Å². The zero-order valence-electron chi connectivity index (χ0n) is 6.68. The summed E-state index contributed by atoms with van der Waals surface area (Å²) in [4.78, 5) is 0. The molecule has 0 amide bonds. The highest BCUT2D eigenvalue weighted by Gasteiger charge is 2.28. The first-order valence-corrected chi connectivity index (χ1v) is 4.70. The summed E-state index contributed by atoms with van der Waals surface area (Å²) in [6, 6.07) is 0. The maximum atomic E-state index is 3.82. The van der Waals surface area contributed by atoms with Crippen molar-refractivity contribution in [3.05, 3.63) is 12.7 Å². The molecule has 0 spiro atoms. The Bertz CT molecular complexity index is 125. The van der Waals surface area contributed by atoms with E-state index in [-0.39, 0.29) is 5.41 Å². The number of nitrogens with one attached hydrogen (secondary N) is 1. The van der Waals surface area contributed by atoms with Crippen molar-refractivity contribution in [1.29, 1.82) is 0 Å². The quantitative estimate of drug-likeness (QED) is 0.614. The summed E-state index contributed by atoms with van der Waals surface area (Å²) in [5.74, 6) is 1.24. The summed E-state index contributed by atoms with van der Waals surface area (Å²) >= 11 is 1.99. The van der Waals surface area contributed by atoms with E-state index in [4.69, 9.17) is 0 Å². The summed E-state index contributed by atoms with van der Waals surface area (Å²) < 4.78 is 0. The number of rotatable bonds is 2. The van der Waals surface area contributed by atoms with Crippen molar-refractivity contribution in [1.82, 2.24) is 5.32 Å². The molecule has 0 bridgehead atoms. The largest absolute Gasteiger partial charge is 0.304 e. The SMILES string of the molecule is C=CC(C)(C)C1NCCS1. The Hall–Kier alpha value is 0.0500. The van der Waals surface area contributed by atoms with Crippen LogP contribution in [0.25, 0.3) is 0 Å². The minimum Gasteiger partial charge on any atom is -0.304 e. The minimum absolute atomic E-state index is 0.237. The van der Waals surface area contributed by atoms with E-state index in [1.807, 2.05) is 17.8 Å². The molecule has 58 valence electrons. The van der Waals surface area contributed by atoms with Crippen LogP contribution in [0.1, 0.15) is 13.8 Å². The molecule has 1 rings (SSSR count). The van der Waals surface area contributed by atoms with Crippen LogP contribution in [0.2, 0.25) is 0 Å². The molecule has 1 fully saturated rings. The third-order valence-electron chi connectivity index (χ3n) is 1.92. The minimum atomic E-state index is 0.237. The number of thioether (sulfide) groups is 1. The highest BCUT2D eigenvalue weighted by molar-refractivity contribution is 8.00. The third kappa shape index (κ3) is 1.55. The molecule has 1 atom stereocenters. The highest BCUT2D eigenvalue weighted by atomic mass is 32.2. The molecule has 1 nitrogen and oxygen atoms in total. The van der Waals surface area contributed by atoms with Gasteiger partial charge in [0.1, 0.15) is 0 Å². The van der Waals surface area contributed by atoms with E-state index in [0.717, 1.165) is 6.54 Å². The normalized spacial score (nSPS) is 26.8. The van der Waals surface area contributed by atoms with Crippen molar-refractivity contribution in [3.63, 3.8) is 0 Å². The van der Waals surface area contributed by atoms with Gasteiger partial charge in [-0.15, -0.1) is 18.3 Å². The molecular weight excluding hydrogens is 142 g/mol. The summed E-state index contributed by atoms with van der Waals surface area (Å²) in [5, 5.41) is 4.01. The standard InChI is InChI=1S/C8H15NS/c1-4-8(2,3)7-9-5-6-10-7/h4,7,9H,1,5-6H2,2-3H3. The zero-order valence-corrected chi connectivity index (χ0v) is 7.50. The Kier molecular flexibility index (Phi) is 2.42. The van der Waals surface area contributed by atoms with Gasteiger partial charge < -0.3 is 5.32 Å². The lowest BCUT2D eigenvalue weighted by Crippen LogP contribution is -2.33. The molecule has 1 unspecified atom stereocenters. The van der Waals surface area contributed by atoms with Gasteiger partial charge in [0.05, 0.1) is 5.37 Å². The number of hydrogen-bond donors (Lipinski definition) is 1. The zero-order chi connectivity index (χ0) is 7.61. The maximum Gasteiger partial charge on any atom is 0.0619 e. The third-order valence-corrected chi connectivity index (χ3v) is 3.47. The Morgan fingerprint density at radius 2 is 2.40 bits per heavy atom. The second kappa shape index (κ2) is 2.97. The summed E-state index contributed by atoms with van der Waals surface area (Å²) in [5.41, 5.74) is 0.237. The van der Waals surface area contributed by atoms with Crippen LogP contribution in [0.3, 0.4) is 0 Å². The molecule has 10 heavy (non-hydrogen) atoms. The lowest BCUT2D eigenvalue weighted by atomic mass is 9.93. The van der Waals surface area contributed by atoms with Gasteiger partial charge in [-0.1, -0.05) is 19.9 Å². The molecule has 0 aromatic rings. The topological polar surface area (TPSA) is 12.0 Å². The number of hydrogen-bond acceptors (Lipinski definition) is 2. The van der Waals surface area contributed by atoms with Crippen LogP contribution in [-0.4, -0.2) is 17.7 Å². The fourth-order valence-corrected chi connectivity index (χ4v) is 2.24. The van der Waals surface area contributed by atoms with E-state index in [9.17, 15) is 0 Å². The predicted octanol–water partition coefficient (Wildman–Crippen LogP) is 1.86. The van der Waals surface area contributed by atoms with Crippen LogP contribution < -0.4 is 5.32 Å². The summed E-state index contributed by atoms with van der Waals surface area (Å²) in [7, 11) is 0. The van der Waals surface area contributed by atoms with Crippen molar-refractivity contribution in [3.8, 4) is 0 Å². The van der Waals surface area contributed by atoms with Crippen molar-refractivity contribution in [2.45, 2.75) is 19.2 Å². The molecule has 0 aromatic carbocycles. The monoisotopic (exact) mass is 157 g/mol. The Morgan fingerprint density at radius 1 is 1.70 bits per heavy atom. The van der Waals surface area contributed by atoms with Gasteiger partial charge in [-0.3, -0.25) is 0 Å². The van der Waals surface area contributed by atoms with Gasteiger partial charge in [-0.2, -0.15) is 0 Å². The predicted molar refractivity (Wildman–Crippen MR) is 48.2 cm³/mol. The first-order valence-electron chi connectivity index (χ1n) is 3.65. The van der Waals surface area contributed by atoms with Gasteiger partial charge in [0.2, 0.25) is 0 Å². The fourth-order valence-electron chi connectivity index (χ4n) is 1.01. The molecule has 1 N–H and O–H groups in total. The molecule has 2 heteroatoms. The lowest BCUT2D eigenvalue weighted by molar-refractivity contribution is 0.419. The van der Waals surface area contributed by atoms with E-state index >= 15 is 0 Å². The van der Waals surface area contributed by atoms with Crippen molar-refractivity contribution >= 4 is 11.8 Å². The smallest absolute Gasteiger partial charge is 0.0619 e. The fraction of sp³-hybridized carbons (Fsp3) is 0.750. The molecule has 0 radical (unpaired) electrons. The van der Waals surface area contributed by atoms with Gasteiger partial charge in [0.15, 0.2) is 0 Å². The molecule has 1 aliphatic heterocycles. The van der Waals surface area contributed by atoms with Gasteiger partial charge in [-0.05, 0) is 0 Å². The summed E-state index contributed by atoms with van der Waals surface area (Å²) in [6.45, 7) is 9.41. The van der Waals surface area contributed by atoms with Crippen LogP contribution in [0.15, 0.2) is 12.7 Å². The molecule has 0 aromatic heterocycles. The van der Waals surface area contributed by atoms with Gasteiger partial charge in [-0.25, -0.2) is 0 Å². The average Bonchev–Trinajstić information content (AvgIpc) is 2.38. The Morgan fingerprint density at radius 3 is 2.80 bits per heavy atom. The van der Waals surface area contributed by atoms with Gasteiger partial charge in [0.25, 0.3) is 0 Å². The van der Waals surface area contributed by atoms with E-state index in [1.54, 1.807) is 0 Å². The maximum absolute atomic E-state index is 3.82. The summed E-state index contributed by atoms with van der Waals surface area (Å²) in [6.07, 6.45) is 2.03. The van der Waals surface area contributed by atoms with Gasteiger partial charge in [0, 0.05) is 17.7 Å². The van der Waals surface area contributed by atoms with E-state index in [0.29, 0.717) is 5.37 Å². The van der Waals surface area contributed by atoms with Crippen LogP contribution in [-0.2, 0) is 0 Å². The second-order valence-electron chi connectivity index (χ2n) is 3.23. The first kappa shape index (κ1) is 8.15. The van der Waals surface area contributed by atoms with Crippen molar-refractivity contribution < 1.29 is 0 Å². The van der Waals surface area contributed by atoms with Crippen LogP contribution in [0, 0.1) is 5.41 Å². The molecule has 0 aliphatic carbocycles. The Labute approximate surface area is 67.3 Å². The second-order valence-corrected chi connectivity index (χ2v) is 4.44. The van der Waals surface area contributed by atoms with E-state index < -0.39 is 0 Å². The van der Waals surface area contributed by atoms with Crippen molar-refractivity contribution in [2.75, 3.05) is 12.3 Å². The Balaban J connectivity index is 2.53. The van der Waals surface area contributed by atoms with Crippen LogP contribution >= 0.6 is 11.8 Å². The van der Waals surface area contributed by atoms with E-state index in [1.165, 1.54) is 5.75 Å². The first-order chi connectivity index (χ1) is 4.67. The van der Waals surface area contributed by atoms with Crippen molar-refractivity contribution in [2.24, 2.45) is 5.41 Å². The van der Waals surface area contributed by atoms with Crippen LogP contribution in [0.5, 0.6) is 0 Å². The average molecular weight is 157 g/mol. The van der Waals surface area contributed by atoms with Gasteiger partial charge >= 0.3 is 0 Å². The molecule has 1 heterocycles. The molecule has 1 aliphatic rings. The van der Waals surface area contributed by atoms with Crippen LogP contribution in [0.4, 0.5) is 0 Å².